The molecule has 1 aliphatic rings. The molecule has 3 heterocycles. The van der Waals surface area contributed by atoms with Crippen LogP contribution in [0.25, 0.3) is 10.6 Å². The highest BCUT2D eigenvalue weighted by Gasteiger charge is 2.24. The zero-order chi connectivity index (χ0) is 17.2. The molecule has 0 aliphatic carbocycles. The number of hydrogen-bond acceptors (Lipinski definition) is 6. The Bertz CT molecular complexity index is 903. The first-order valence-electron chi connectivity index (χ1n) is 8.09. The lowest BCUT2D eigenvalue weighted by Gasteiger charge is -2.10. The first-order chi connectivity index (χ1) is 12.2. The second-order valence-electron chi connectivity index (χ2n) is 5.89. The lowest BCUT2D eigenvalue weighted by molar-refractivity contribution is 0.414. The average Bonchev–Trinajstić information content (AvgIpc) is 3.29. The number of aromatic nitrogens is 2. The molecule has 25 heavy (non-hydrogen) atoms. The molecule has 5 nitrogen and oxygen atoms in total. The summed E-state index contributed by atoms with van der Waals surface area (Å²) in [5.74, 6) is 0.863. The SMILES string of the molecule is COc1ccc(C2CC(c3sc(-c4cccnc4)nc3C)=NN2)cc1. The highest BCUT2D eigenvalue weighted by molar-refractivity contribution is 7.17. The van der Waals surface area contributed by atoms with Crippen LogP contribution in [0.3, 0.4) is 0 Å². The van der Waals surface area contributed by atoms with Crippen LogP contribution in [0.1, 0.15) is 28.6 Å². The fraction of sp³-hybridized carbons (Fsp3) is 0.211. The van der Waals surface area contributed by atoms with E-state index in [-0.39, 0.29) is 6.04 Å². The van der Waals surface area contributed by atoms with E-state index in [4.69, 9.17) is 9.72 Å². The van der Waals surface area contributed by atoms with Gasteiger partial charge in [-0.05, 0) is 36.8 Å². The Kier molecular flexibility index (Phi) is 4.19. The summed E-state index contributed by atoms with van der Waals surface area (Å²) in [6, 6.07) is 12.3. The van der Waals surface area contributed by atoms with Gasteiger partial charge in [-0.3, -0.25) is 4.98 Å². The van der Waals surface area contributed by atoms with E-state index in [1.165, 1.54) is 5.56 Å². The topological polar surface area (TPSA) is 59.4 Å². The van der Waals surface area contributed by atoms with E-state index in [0.29, 0.717) is 0 Å². The number of rotatable bonds is 4. The summed E-state index contributed by atoms with van der Waals surface area (Å²) in [5.41, 5.74) is 7.57. The molecule has 1 atom stereocenters. The van der Waals surface area contributed by atoms with E-state index in [1.54, 1.807) is 24.6 Å². The van der Waals surface area contributed by atoms with Crippen LogP contribution < -0.4 is 10.2 Å². The Morgan fingerprint density at radius 2 is 2.04 bits per heavy atom. The molecule has 1 unspecified atom stereocenters. The van der Waals surface area contributed by atoms with E-state index >= 15 is 0 Å². The van der Waals surface area contributed by atoms with Crippen molar-refractivity contribution in [1.29, 1.82) is 0 Å². The summed E-state index contributed by atoms with van der Waals surface area (Å²) in [7, 11) is 1.68. The zero-order valence-electron chi connectivity index (χ0n) is 14.1. The quantitative estimate of drug-likeness (QED) is 0.774. The van der Waals surface area contributed by atoms with Gasteiger partial charge in [0.15, 0.2) is 0 Å². The summed E-state index contributed by atoms with van der Waals surface area (Å²) in [5, 5.41) is 5.55. The number of benzene rings is 1. The highest BCUT2D eigenvalue weighted by atomic mass is 32.1. The maximum absolute atomic E-state index is 5.22. The Hall–Kier alpha value is -2.73. The van der Waals surface area contributed by atoms with Gasteiger partial charge >= 0.3 is 0 Å². The first-order valence-corrected chi connectivity index (χ1v) is 8.90. The normalized spacial score (nSPS) is 16.4. The van der Waals surface area contributed by atoms with E-state index in [9.17, 15) is 0 Å². The fourth-order valence-corrected chi connectivity index (χ4v) is 3.94. The highest BCUT2D eigenvalue weighted by Crippen LogP contribution is 2.32. The standard InChI is InChI=1S/C19H18N4OS/c1-12-18(25-19(21-12)14-4-3-9-20-11-14)17-10-16(22-23-17)13-5-7-15(24-2)8-6-13/h3-9,11,16,22H,10H2,1-2H3. The minimum atomic E-state index is 0.184. The molecule has 126 valence electrons. The summed E-state index contributed by atoms with van der Waals surface area (Å²) >= 11 is 1.67. The van der Waals surface area contributed by atoms with Gasteiger partial charge in [-0.2, -0.15) is 5.10 Å². The molecule has 0 amide bonds. The maximum Gasteiger partial charge on any atom is 0.125 e. The third-order valence-corrected chi connectivity index (χ3v) is 5.49. The van der Waals surface area contributed by atoms with E-state index < -0.39 is 0 Å². The van der Waals surface area contributed by atoms with Crippen molar-refractivity contribution in [3.05, 3.63) is 64.9 Å². The number of nitrogens with one attached hydrogen (secondary N) is 1. The lowest BCUT2D eigenvalue weighted by Crippen LogP contribution is -2.09. The van der Waals surface area contributed by atoms with Crippen LogP contribution in [0.15, 0.2) is 53.9 Å². The Morgan fingerprint density at radius 3 is 2.76 bits per heavy atom. The minimum absolute atomic E-state index is 0.184. The first kappa shape index (κ1) is 15.8. The van der Waals surface area contributed by atoms with Crippen molar-refractivity contribution in [2.24, 2.45) is 5.10 Å². The molecule has 1 aromatic carbocycles. The Balaban J connectivity index is 1.54. The van der Waals surface area contributed by atoms with Crippen LogP contribution >= 0.6 is 11.3 Å². The van der Waals surface area contributed by atoms with E-state index in [1.807, 2.05) is 37.4 Å². The molecule has 0 bridgehead atoms. The fourth-order valence-electron chi connectivity index (χ4n) is 2.89. The van der Waals surface area contributed by atoms with Crippen molar-refractivity contribution in [2.75, 3.05) is 7.11 Å². The van der Waals surface area contributed by atoms with Crippen molar-refractivity contribution in [2.45, 2.75) is 19.4 Å². The van der Waals surface area contributed by atoms with Gasteiger partial charge in [-0.15, -0.1) is 11.3 Å². The van der Waals surface area contributed by atoms with Gasteiger partial charge in [0.05, 0.1) is 29.4 Å². The predicted octanol–water partition coefficient (Wildman–Crippen LogP) is 3.96. The van der Waals surface area contributed by atoms with Gasteiger partial charge in [0.1, 0.15) is 10.8 Å². The average molecular weight is 350 g/mol. The number of nitrogens with zero attached hydrogens (tertiary/aromatic N) is 3. The van der Waals surface area contributed by atoms with Crippen LogP contribution in [0.4, 0.5) is 0 Å². The third-order valence-electron chi connectivity index (χ3n) is 4.24. The molecule has 4 rings (SSSR count). The molecule has 6 heteroatoms. The minimum Gasteiger partial charge on any atom is -0.497 e. The van der Waals surface area contributed by atoms with Crippen molar-refractivity contribution in [3.8, 4) is 16.3 Å². The van der Waals surface area contributed by atoms with Crippen molar-refractivity contribution in [3.63, 3.8) is 0 Å². The monoisotopic (exact) mass is 350 g/mol. The predicted molar refractivity (Wildman–Crippen MR) is 100 cm³/mol. The van der Waals surface area contributed by atoms with Crippen LogP contribution in [-0.2, 0) is 0 Å². The van der Waals surface area contributed by atoms with E-state index in [2.05, 4.69) is 27.6 Å². The molecule has 0 spiro atoms. The molecule has 1 aliphatic heterocycles. The van der Waals surface area contributed by atoms with Crippen molar-refractivity contribution < 1.29 is 4.74 Å². The van der Waals surface area contributed by atoms with Crippen molar-refractivity contribution in [1.82, 2.24) is 15.4 Å². The largest absolute Gasteiger partial charge is 0.497 e. The van der Waals surface area contributed by atoms with Gasteiger partial charge in [-0.25, -0.2) is 4.98 Å². The van der Waals surface area contributed by atoms with Crippen LogP contribution in [0.5, 0.6) is 5.75 Å². The molecule has 0 fully saturated rings. The van der Waals surface area contributed by atoms with Gasteiger partial charge in [0, 0.05) is 24.4 Å². The summed E-state index contributed by atoms with van der Waals surface area (Å²) in [6.07, 6.45) is 4.47. The van der Waals surface area contributed by atoms with Crippen molar-refractivity contribution >= 4 is 17.0 Å². The molecule has 1 N–H and O–H groups in total. The van der Waals surface area contributed by atoms with Gasteiger partial charge in [-0.1, -0.05) is 12.1 Å². The summed E-state index contributed by atoms with van der Waals surface area (Å²) in [4.78, 5) is 10.0. The second-order valence-corrected chi connectivity index (χ2v) is 6.89. The molecular weight excluding hydrogens is 332 g/mol. The van der Waals surface area contributed by atoms with Gasteiger partial charge in [0.2, 0.25) is 0 Å². The number of ether oxygens (including phenoxy) is 1. The molecule has 0 saturated heterocycles. The zero-order valence-corrected chi connectivity index (χ0v) is 14.9. The molecule has 3 aromatic rings. The van der Waals surface area contributed by atoms with Crippen LogP contribution in [0.2, 0.25) is 0 Å². The number of thiazole rings is 1. The molecule has 0 radical (unpaired) electrons. The Labute approximate surface area is 150 Å². The number of hydrogen-bond donors (Lipinski definition) is 1. The summed E-state index contributed by atoms with van der Waals surface area (Å²) in [6.45, 7) is 2.04. The molecule has 0 saturated carbocycles. The molecule has 2 aromatic heterocycles. The summed E-state index contributed by atoms with van der Waals surface area (Å²) < 4.78 is 5.22. The number of methoxy groups -OCH3 is 1. The third kappa shape index (κ3) is 3.13. The lowest BCUT2D eigenvalue weighted by atomic mass is 10.0. The van der Waals surface area contributed by atoms with Gasteiger partial charge in [0.25, 0.3) is 0 Å². The number of pyridine rings is 1. The second kappa shape index (κ2) is 6.64. The van der Waals surface area contributed by atoms with E-state index in [0.717, 1.165) is 39.0 Å². The smallest absolute Gasteiger partial charge is 0.125 e. The number of aryl methyl sites for hydroxylation is 1. The number of hydrazone groups is 1. The van der Waals surface area contributed by atoms with Crippen LogP contribution in [0, 0.1) is 6.92 Å². The Morgan fingerprint density at radius 1 is 1.20 bits per heavy atom. The van der Waals surface area contributed by atoms with Gasteiger partial charge < -0.3 is 10.2 Å². The van der Waals surface area contributed by atoms with Crippen LogP contribution in [-0.4, -0.2) is 22.8 Å². The maximum atomic E-state index is 5.22. The molecular formula is C19H18N4OS.